The summed E-state index contributed by atoms with van der Waals surface area (Å²) in [5.74, 6) is -0.859. The first-order valence-corrected chi connectivity index (χ1v) is 14.1. The lowest BCUT2D eigenvalue weighted by atomic mass is 10.1. The van der Waals surface area contributed by atoms with Gasteiger partial charge in [-0.1, -0.05) is 66.2 Å². The number of hydrogen-bond acceptors (Lipinski definition) is 4. The number of carbonyl (C=O) groups is 2. The van der Waals surface area contributed by atoms with Crippen LogP contribution in [0.4, 0.5) is 5.69 Å². The molecular weight excluding hydrogens is 522 g/mol. The molecule has 9 heteroatoms. The average Bonchev–Trinajstić information content (AvgIpc) is 2.87. The largest absolute Gasteiger partial charge is 0.350 e. The van der Waals surface area contributed by atoms with Crippen LogP contribution in [0.2, 0.25) is 5.02 Å². The molecule has 0 heterocycles. The number of carbonyl (C=O) groups excluding carboxylic acids is 2. The summed E-state index contributed by atoms with van der Waals surface area (Å²) in [6.07, 6.45) is 0. The standard InChI is InChI=1S/C29H34ClN3O4S/c1-21-16-17-24(30)18-26(21)33(38(36,37)25-14-10-7-11-15-25)20-27(34)32(19-23-12-8-6-9-13-23)22(2)28(35)31-29(3,4)5/h6-18,22H,19-20H2,1-5H3,(H,31,35)/t22-/m1/s1. The predicted molar refractivity (Wildman–Crippen MR) is 152 cm³/mol. The number of anilines is 1. The van der Waals surface area contributed by atoms with Gasteiger partial charge in [0.05, 0.1) is 10.6 Å². The zero-order valence-electron chi connectivity index (χ0n) is 22.3. The zero-order chi connectivity index (χ0) is 28.1. The Morgan fingerprint density at radius 1 is 0.947 bits per heavy atom. The highest BCUT2D eigenvalue weighted by molar-refractivity contribution is 7.92. The minimum absolute atomic E-state index is 0.0420. The van der Waals surface area contributed by atoms with Crippen LogP contribution in [0.15, 0.2) is 83.8 Å². The lowest BCUT2D eigenvalue weighted by Crippen LogP contribution is -2.54. The van der Waals surface area contributed by atoms with Crippen molar-refractivity contribution in [2.24, 2.45) is 0 Å². The normalized spacial score (nSPS) is 12.5. The Morgan fingerprint density at radius 3 is 2.11 bits per heavy atom. The first-order valence-electron chi connectivity index (χ1n) is 12.3. The number of amides is 2. The number of halogens is 1. The van der Waals surface area contributed by atoms with Crippen molar-refractivity contribution in [1.82, 2.24) is 10.2 Å². The molecule has 2 amide bonds. The van der Waals surface area contributed by atoms with E-state index in [1.165, 1.54) is 23.1 Å². The van der Waals surface area contributed by atoms with Gasteiger partial charge in [-0.15, -0.1) is 0 Å². The zero-order valence-corrected chi connectivity index (χ0v) is 23.9. The maximum atomic E-state index is 13.9. The van der Waals surface area contributed by atoms with Crippen LogP contribution in [0.1, 0.15) is 38.8 Å². The van der Waals surface area contributed by atoms with Gasteiger partial charge >= 0.3 is 0 Å². The molecule has 0 spiro atoms. The van der Waals surface area contributed by atoms with Gasteiger partial charge in [-0.2, -0.15) is 0 Å². The molecule has 38 heavy (non-hydrogen) atoms. The molecule has 0 radical (unpaired) electrons. The Bertz CT molecular complexity index is 1370. The molecule has 0 aliphatic carbocycles. The number of nitrogens with zero attached hydrogens (tertiary/aromatic N) is 2. The van der Waals surface area contributed by atoms with Gasteiger partial charge in [0.15, 0.2) is 0 Å². The van der Waals surface area contributed by atoms with Gasteiger partial charge in [-0.3, -0.25) is 13.9 Å². The van der Waals surface area contributed by atoms with E-state index in [0.717, 1.165) is 9.87 Å². The maximum Gasteiger partial charge on any atom is 0.264 e. The molecule has 1 N–H and O–H groups in total. The van der Waals surface area contributed by atoms with E-state index in [2.05, 4.69) is 5.32 Å². The van der Waals surface area contributed by atoms with Gasteiger partial charge in [0.1, 0.15) is 12.6 Å². The highest BCUT2D eigenvalue weighted by Gasteiger charge is 2.33. The first-order chi connectivity index (χ1) is 17.8. The van der Waals surface area contributed by atoms with Crippen LogP contribution < -0.4 is 9.62 Å². The molecule has 0 bridgehead atoms. The van der Waals surface area contributed by atoms with Gasteiger partial charge in [-0.05, 0) is 70.0 Å². The molecule has 3 aromatic carbocycles. The van der Waals surface area contributed by atoms with E-state index in [0.29, 0.717) is 16.3 Å². The number of nitrogens with one attached hydrogen (secondary N) is 1. The van der Waals surface area contributed by atoms with E-state index < -0.39 is 34.1 Å². The second kappa shape index (κ2) is 12.0. The number of aryl methyl sites for hydroxylation is 1. The van der Waals surface area contributed by atoms with Crippen molar-refractivity contribution in [1.29, 1.82) is 0 Å². The predicted octanol–water partition coefficient (Wildman–Crippen LogP) is 5.18. The minimum atomic E-state index is -4.14. The lowest BCUT2D eigenvalue weighted by molar-refractivity contribution is -0.140. The van der Waals surface area contributed by atoms with Crippen molar-refractivity contribution in [3.8, 4) is 0 Å². The molecule has 3 aromatic rings. The Morgan fingerprint density at radius 2 is 1.53 bits per heavy atom. The molecule has 0 fully saturated rings. The van der Waals surface area contributed by atoms with Crippen molar-refractivity contribution in [3.05, 3.63) is 95.0 Å². The molecule has 3 rings (SSSR count). The van der Waals surface area contributed by atoms with Gasteiger partial charge in [0.2, 0.25) is 11.8 Å². The van der Waals surface area contributed by atoms with Crippen LogP contribution in [0.3, 0.4) is 0 Å². The van der Waals surface area contributed by atoms with Crippen molar-refractivity contribution < 1.29 is 18.0 Å². The van der Waals surface area contributed by atoms with E-state index in [-0.39, 0.29) is 17.3 Å². The first kappa shape index (κ1) is 29.2. The van der Waals surface area contributed by atoms with Crippen molar-refractivity contribution >= 4 is 39.1 Å². The summed E-state index contributed by atoms with van der Waals surface area (Å²) in [5, 5.41) is 3.25. The fourth-order valence-corrected chi connectivity index (χ4v) is 5.58. The third-order valence-corrected chi connectivity index (χ3v) is 7.92. The van der Waals surface area contributed by atoms with Crippen molar-refractivity contribution in [2.75, 3.05) is 10.8 Å². The molecule has 0 unspecified atom stereocenters. The topological polar surface area (TPSA) is 86.8 Å². The summed E-state index contributed by atoms with van der Waals surface area (Å²) in [5.41, 5.74) is 1.23. The molecule has 1 atom stereocenters. The number of rotatable bonds is 9. The fraction of sp³-hybridized carbons (Fsp3) is 0.310. The highest BCUT2D eigenvalue weighted by Crippen LogP contribution is 2.30. The SMILES string of the molecule is Cc1ccc(Cl)cc1N(CC(=O)N(Cc1ccccc1)[C@H](C)C(=O)NC(C)(C)C)S(=O)(=O)c1ccccc1. The van der Waals surface area contributed by atoms with E-state index in [9.17, 15) is 18.0 Å². The smallest absolute Gasteiger partial charge is 0.264 e. The quantitative estimate of drug-likeness (QED) is 0.394. The summed E-state index contributed by atoms with van der Waals surface area (Å²) in [4.78, 5) is 28.5. The van der Waals surface area contributed by atoms with E-state index in [1.54, 1.807) is 44.2 Å². The number of benzene rings is 3. The summed E-state index contributed by atoms with van der Waals surface area (Å²) < 4.78 is 28.7. The van der Waals surface area contributed by atoms with Crippen LogP contribution in [-0.2, 0) is 26.2 Å². The Labute approximate surface area is 230 Å². The molecule has 0 aromatic heterocycles. The molecule has 202 valence electrons. The summed E-state index contributed by atoms with van der Waals surface area (Å²) in [7, 11) is -4.14. The maximum absolute atomic E-state index is 13.9. The monoisotopic (exact) mass is 555 g/mol. The Hall–Kier alpha value is -3.36. The van der Waals surface area contributed by atoms with Gasteiger partial charge < -0.3 is 10.2 Å². The molecule has 7 nitrogen and oxygen atoms in total. The van der Waals surface area contributed by atoms with Crippen LogP contribution in [0.25, 0.3) is 0 Å². The minimum Gasteiger partial charge on any atom is -0.350 e. The van der Waals surface area contributed by atoms with Crippen LogP contribution in [-0.4, -0.2) is 43.3 Å². The summed E-state index contributed by atoms with van der Waals surface area (Å²) in [6.45, 7) is 8.59. The second-order valence-corrected chi connectivity index (χ2v) is 12.5. The Kier molecular flexibility index (Phi) is 9.22. The fourth-order valence-electron chi connectivity index (χ4n) is 3.92. The lowest BCUT2D eigenvalue weighted by Gasteiger charge is -2.33. The van der Waals surface area contributed by atoms with Crippen molar-refractivity contribution in [3.63, 3.8) is 0 Å². The Balaban J connectivity index is 2.06. The van der Waals surface area contributed by atoms with Gasteiger partial charge in [0, 0.05) is 17.1 Å². The molecule has 0 aliphatic rings. The van der Waals surface area contributed by atoms with Crippen LogP contribution >= 0.6 is 11.6 Å². The molecule has 0 saturated heterocycles. The van der Waals surface area contributed by atoms with E-state index in [4.69, 9.17) is 11.6 Å². The highest BCUT2D eigenvalue weighted by atomic mass is 35.5. The van der Waals surface area contributed by atoms with Gasteiger partial charge in [-0.25, -0.2) is 8.42 Å². The van der Waals surface area contributed by atoms with Crippen LogP contribution in [0, 0.1) is 6.92 Å². The number of sulfonamides is 1. The third kappa shape index (κ3) is 7.36. The van der Waals surface area contributed by atoms with Crippen LogP contribution in [0.5, 0.6) is 0 Å². The van der Waals surface area contributed by atoms with E-state index >= 15 is 0 Å². The van der Waals surface area contributed by atoms with Crippen molar-refractivity contribution in [2.45, 2.75) is 57.6 Å². The molecular formula is C29H34ClN3O4S. The van der Waals surface area contributed by atoms with Gasteiger partial charge in [0.25, 0.3) is 10.0 Å². The summed E-state index contributed by atoms with van der Waals surface area (Å²) in [6, 6.07) is 21.2. The molecule has 0 saturated carbocycles. The number of hydrogen-bond donors (Lipinski definition) is 1. The third-order valence-electron chi connectivity index (χ3n) is 5.91. The van der Waals surface area contributed by atoms with E-state index in [1.807, 2.05) is 51.1 Å². The average molecular weight is 556 g/mol. The molecule has 0 aliphatic heterocycles. The summed E-state index contributed by atoms with van der Waals surface area (Å²) >= 11 is 6.25. The second-order valence-electron chi connectivity index (χ2n) is 10.2.